The summed E-state index contributed by atoms with van der Waals surface area (Å²) in [5.41, 5.74) is 3.17. The van der Waals surface area contributed by atoms with Crippen LogP contribution in [0.2, 0.25) is 0 Å². The number of halogens is 3. The summed E-state index contributed by atoms with van der Waals surface area (Å²) in [4.78, 5) is 11.1. The Bertz CT molecular complexity index is 995. The van der Waals surface area contributed by atoms with Crippen LogP contribution in [0.25, 0.3) is 0 Å². The number of alkyl halides is 3. The zero-order valence-electron chi connectivity index (χ0n) is 14.5. The second kappa shape index (κ2) is 7.42. The van der Waals surface area contributed by atoms with E-state index in [0.717, 1.165) is 0 Å². The molecule has 0 atom stereocenters. The molecule has 0 aromatic heterocycles. The molecule has 13 heteroatoms. The molecule has 0 aliphatic heterocycles. The van der Waals surface area contributed by atoms with E-state index in [1.165, 1.54) is 43.3 Å². The first-order valence-electron chi connectivity index (χ1n) is 7.45. The molecule has 0 saturated carbocycles. The highest BCUT2D eigenvalue weighted by Crippen LogP contribution is 2.47. The van der Waals surface area contributed by atoms with E-state index in [2.05, 4.69) is 9.46 Å². The van der Waals surface area contributed by atoms with Gasteiger partial charge >= 0.3 is 12.0 Å². The standard InChI is InChI=1S/C15H15F3N4O5S/c1-21(2)13-10(20-28(25,26)9-6-4-3-5-7-9)8-11(22(23)24)14(12(13)19)27-15(16,17)18/h3-8,20H,19H2,1-2H3. The van der Waals surface area contributed by atoms with E-state index in [0.29, 0.717) is 6.07 Å². The minimum absolute atomic E-state index is 0.156. The zero-order valence-corrected chi connectivity index (χ0v) is 15.3. The van der Waals surface area contributed by atoms with Gasteiger partial charge in [-0.1, -0.05) is 18.2 Å². The fourth-order valence-corrected chi connectivity index (χ4v) is 3.46. The van der Waals surface area contributed by atoms with Crippen molar-refractivity contribution < 1.29 is 31.2 Å². The molecule has 2 aromatic rings. The van der Waals surface area contributed by atoms with Crippen molar-refractivity contribution in [3.05, 3.63) is 46.5 Å². The lowest BCUT2D eigenvalue weighted by Crippen LogP contribution is -2.22. The molecule has 0 amide bonds. The first-order valence-corrected chi connectivity index (χ1v) is 8.93. The molecule has 3 N–H and O–H groups in total. The lowest BCUT2D eigenvalue weighted by Gasteiger charge is -2.23. The highest BCUT2D eigenvalue weighted by atomic mass is 32.2. The quantitative estimate of drug-likeness (QED) is 0.418. The molecule has 28 heavy (non-hydrogen) atoms. The van der Waals surface area contributed by atoms with Gasteiger partial charge < -0.3 is 15.4 Å². The Labute approximate surface area is 157 Å². The van der Waals surface area contributed by atoms with E-state index in [-0.39, 0.29) is 16.3 Å². The number of benzene rings is 2. The topological polar surface area (TPSA) is 128 Å². The molecule has 0 heterocycles. The Balaban J connectivity index is 2.69. The summed E-state index contributed by atoms with van der Waals surface area (Å²) in [6.45, 7) is 0. The predicted octanol–water partition coefficient (Wildman–Crippen LogP) is 2.94. The SMILES string of the molecule is CN(C)c1c(NS(=O)(=O)c2ccccc2)cc([N+](=O)[O-])c(OC(F)(F)F)c1N. The first kappa shape index (κ1) is 21.1. The van der Waals surface area contributed by atoms with Gasteiger partial charge in [0.1, 0.15) is 5.69 Å². The summed E-state index contributed by atoms with van der Waals surface area (Å²) < 4.78 is 68.9. The average Bonchev–Trinajstić information content (AvgIpc) is 2.56. The Morgan fingerprint density at radius 3 is 2.25 bits per heavy atom. The minimum atomic E-state index is -5.24. The highest BCUT2D eigenvalue weighted by Gasteiger charge is 2.38. The molecule has 0 unspecified atom stereocenters. The van der Waals surface area contributed by atoms with Gasteiger partial charge in [-0.05, 0) is 12.1 Å². The van der Waals surface area contributed by atoms with Crippen LogP contribution >= 0.6 is 0 Å². The van der Waals surface area contributed by atoms with E-state index in [4.69, 9.17) is 5.73 Å². The molecule has 2 aromatic carbocycles. The average molecular weight is 420 g/mol. The summed E-state index contributed by atoms with van der Waals surface area (Å²) in [5, 5.41) is 11.2. The lowest BCUT2D eigenvalue weighted by atomic mass is 10.1. The number of anilines is 3. The van der Waals surface area contributed by atoms with Crippen LogP contribution in [0.1, 0.15) is 0 Å². The molecular weight excluding hydrogens is 405 g/mol. The van der Waals surface area contributed by atoms with Gasteiger partial charge in [0.2, 0.25) is 5.75 Å². The number of nitrogens with one attached hydrogen (secondary N) is 1. The van der Waals surface area contributed by atoms with Gasteiger partial charge in [0.25, 0.3) is 10.0 Å². The summed E-state index contributed by atoms with van der Waals surface area (Å²) in [6.07, 6.45) is -5.24. The van der Waals surface area contributed by atoms with Crippen molar-refractivity contribution in [3.8, 4) is 5.75 Å². The van der Waals surface area contributed by atoms with Gasteiger partial charge in [-0.3, -0.25) is 14.8 Å². The number of rotatable bonds is 6. The number of nitro groups is 1. The van der Waals surface area contributed by atoms with Crippen molar-refractivity contribution in [2.45, 2.75) is 11.3 Å². The second-order valence-electron chi connectivity index (χ2n) is 5.65. The third-order valence-corrected chi connectivity index (χ3v) is 4.81. The number of nitro benzene ring substituents is 1. The van der Waals surface area contributed by atoms with Crippen LogP contribution in [0.15, 0.2) is 41.3 Å². The van der Waals surface area contributed by atoms with Crippen molar-refractivity contribution in [1.29, 1.82) is 0 Å². The van der Waals surface area contributed by atoms with E-state index in [1.807, 2.05) is 0 Å². The molecular formula is C15H15F3N4O5S. The molecule has 0 radical (unpaired) electrons. The van der Waals surface area contributed by atoms with Crippen molar-refractivity contribution >= 4 is 32.8 Å². The number of sulfonamides is 1. The third kappa shape index (κ3) is 4.54. The van der Waals surface area contributed by atoms with Crippen molar-refractivity contribution in [2.75, 3.05) is 29.5 Å². The maximum absolute atomic E-state index is 12.7. The Kier molecular flexibility index (Phi) is 5.59. The number of nitrogen functional groups attached to an aromatic ring is 1. The van der Waals surface area contributed by atoms with Gasteiger partial charge in [0.05, 0.1) is 21.2 Å². The van der Waals surface area contributed by atoms with Gasteiger partial charge in [-0.2, -0.15) is 0 Å². The number of ether oxygens (including phenoxy) is 1. The number of nitrogens with zero attached hydrogens (tertiary/aromatic N) is 2. The summed E-state index contributed by atoms with van der Waals surface area (Å²) in [5.74, 6) is -1.23. The van der Waals surface area contributed by atoms with Crippen LogP contribution in [-0.4, -0.2) is 33.8 Å². The Hall–Kier alpha value is -3.22. The summed E-state index contributed by atoms with van der Waals surface area (Å²) in [6, 6.07) is 7.66. The van der Waals surface area contributed by atoms with Crippen molar-refractivity contribution in [3.63, 3.8) is 0 Å². The molecule has 0 saturated heterocycles. The molecule has 2 rings (SSSR count). The Morgan fingerprint density at radius 1 is 1.21 bits per heavy atom. The van der Waals surface area contributed by atoms with Crippen LogP contribution in [0, 0.1) is 10.1 Å². The molecule has 9 nitrogen and oxygen atoms in total. The van der Waals surface area contributed by atoms with Crippen LogP contribution in [0.4, 0.5) is 35.9 Å². The van der Waals surface area contributed by atoms with Crippen molar-refractivity contribution in [2.24, 2.45) is 0 Å². The van der Waals surface area contributed by atoms with E-state index in [9.17, 15) is 31.7 Å². The van der Waals surface area contributed by atoms with Crippen LogP contribution in [-0.2, 0) is 10.0 Å². The largest absolute Gasteiger partial charge is 0.573 e. The molecule has 0 bridgehead atoms. The van der Waals surface area contributed by atoms with Gasteiger partial charge in [0, 0.05) is 20.2 Å². The van der Waals surface area contributed by atoms with E-state index in [1.54, 1.807) is 6.07 Å². The molecule has 0 fully saturated rings. The maximum Gasteiger partial charge on any atom is 0.573 e. The van der Waals surface area contributed by atoms with Gasteiger partial charge in [-0.25, -0.2) is 8.42 Å². The number of hydrogen-bond acceptors (Lipinski definition) is 7. The van der Waals surface area contributed by atoms with Gasteiger partial charge in [0.15, 0.2) is 0 Å². The molecule has 152 valence electrons. The lowest BCUT2D eigenvalue weighted by molar-refractivity contribution is -0.388. The predicted molar refractivity (Wildman–Crippen MR) is 95.8 cm³/mol. The number of nitrogens with two attached hydrogens (primary N) is 1. The minimum Gasteiger partial charge on any atom is -0.396 e. The summed E-state index contributed by atoms with van der Waals surface area (Å²) >= 11 is 0. The van der Waals surface area contributed by atoms with Crippen LogP contribution in [0.3, 0.4) is 0 Å². The second-order valence-corrected chi connectivity index (χ2v) is 7.33. The van der Waals surface area contributed by atoms with Crippen molar-refractivity contribution in [1.82, 2.24) is 0 Å². The van der Waals surface area contributed by atoms with Crippen LogP contribution in [0.5, 0.6) is 5.75 Å². The fraction of sp³-hybridized carbons (Fsp3) is 0.200. The van der Waals surface area contributed by atoms with E-state index >= 15 is 0 Å². The monoisotopic (exact) mass is 420 g/mol. The zero-order chi connectivity index (χ0) is 21.3. The molecule has 0 aliphatic carbocycles. The summed E-state index contributed by atoms with van der Waals surface area (Å²) in [7, 11) is -1.45. The molecule has 0 spiro atoms. The number of hydrogen-bond donors (Lipinski definition) is 2. The third-order valence-electron chi connectivity index (χ3n) is 3.43. The van der Waals surface area contributed by atoms with E-state index < -0.39 is 38.4 Å². The smallest absolute Gasteiger partial charge is 0.396 e. The fourth-order valence-electron chi connectivity index (χ4n) is 2.38. The van der Waals surface area contributed by atoms with Crippen LogP contribution < -0.4 is 20.1 Å². The Morgan fingerprint density at radius 2 is 1.79 bits per heavy atom. The normalized spacial score (nSPS) is 11.8. The molecule has 0 aliphatic rings. The van der Waals surface area contributed by atoms with Gasteiger partial charge in [-0.15, -0.1) is 13.2 Å². The highest BCUT2D eigenvalue weighted by molar-refractivity contribution is 7.92. The first-order chi connectivity index (χ1) is 12.8. The maximum atomic E-state index is 12.7.